The number of nitrogens with one attached hydrogen (secondary N) is 1. The zero-order chi connectivity index (χ0) is 19.2. The maximum atomic E-state index is 13.0. The monoisotopic (exact) mass is 435 g/mol. The second kappa shape index (κ2) is 6.89. The van der Waals surface area contributed by atoms with E-state index in [1.807, 2.05) is 0 Å². The molecule has 4 aliphatic rings. The van der Waals surface area contributed by atoms with E-state index in [1.54, 1.807) is 0 Å². The van der Waals surface area contributed by atoms with E-state index in [0.29, 0.717) is 17.8 Å². The molecule has 2 unspecified atom stereocenters. The number of rotatable bonds is 4. The van der Waals surface area contributed by atoms with E-state index >= 15 is 0 Å². The highest BCUT2D eigenvalue weighted by Crippen LogP contribution is 2.57. The molecule has 4 aliphatic carbocycles. The lowest BCUT2D eigenvalue weighted by Gasteiger charge is -2.46. The Morgan fingerprint density at radius 2 is 1.89 bits per heavy atom. The molecule has 1 aromatic rings. The van der Waals surface area contributed by atoms with E-state index in [2.05, 4.69) is 26.5 Å². The first kappa shape index (κ1) is 18.4. The second-order valence-electron chi connectivity index (χ2n) is 8.36. The van der Waals surface area contributed by atoms with Gasteiger partial charge in [0.15, 0.2) is 0 Å². The van der Waals surface area contributed by atoms with Gasteiger partial charge in [-0.15, -0.1) is 0 Å². The molecule has 1 amide bonds. The number of carbonyl (C=O) groups excluding carboxylic acids is 1. The van der Waals surface area contributed by atoms with Gasteiger partial charge in [-0.2, -0.15) is 5.10 Å². The molecule has 4 bridgehead atoms. The largest absolute Gasteiger partial charge is 0.506 e. The number of nitro benzene ring substituents is 1. The summed E-state index contributed by atoms with van der Waals surface area (Å²) in [6.07, 6.45) is 9.05. The Bertz CT molecular complexity index is 809. The van der Waals surface area contributed by atoms with Crippen molar-refractivity contribution in [3.8, 4) is 5.75 Å². The Hall–Kier alpha value is -1.96. The number of halogens is 1. The van der Waals surface area contributed by atoms with Gasteiger partial charge in [-0.25, -0.2) is 5.43 Å². The third-order valence-corrected chi connectivity index (χ3v) is 7.10. The average molecular weight is 436 g/mol. The molecule has 144 valence electrons. The molecule has 0 spiro atoms. The van der Waals surface area contributed by atoms with E-state index in [1.165, 1.54) is 44.0 Å². The van der Waals surface area contributed by atoms with E-state index in [4.69, 9.17) is 0 Å². The van der Waals surface area contributed by atoms with Gasteiger partial charge in [0.05, 0.1) is 21.0 Å². The molecule has 4 fully saturated rings. The molecule has 4 saturated carbocycles. The summed E-state index contributed by atoms with van der Waals surface area (Å²) in [5.41, 5.74) is 2.34. The molecule has 0 radical (unpaired) electrons. The summed E-state index contributed by atoms with van der Waals surface area (Å²) in [7, 11) is 0. The lowest BCUT2D eigenvalue weighted by atomic mass is 9.58. The predicted octanol–water partition coefficient (Wildman–Crippen LogP) is 4.12. The molecule has 8 heteroatoms. The Labute approximate surface area is 165 Å². The standard InChI is InChI=1S/C19H22BrN3O4/c20-16-6-15(23(26)27)5-14(17(16)24)10-21-22-18(25)19-7-11-1-2-12(8-19)4-13(3-11)9-19/h5-6,10-13,24H,1-4,7-9H2,(H,22,25)/b21-10-/t11-,12+,13?,19?. The maximum absolute atomic E-state index is 13.0. The Kier molecular flexibility index (Phi) is 4.70. The molecule has 5 rings (SSSR count). The van der Waals surface area contributed by atoms with Crippen molar-refractivity contribution >= 4 is 33.7 Å². The van der Waals surface area contributed by atoms with Crippen LogP contribution in [0.25, 0.3) is 0 Å². The quantitative estimate of drug-likeness (QED) is 0.421. The summed E-state index contributed by atoms with van der Waals surface area (Å²) >= 11 is 3.10. The van der Waals surface area contributed by atoms with Crippen molar-refractivity contribution in [3.63, 3.8) is 0 Å². The molecule has 1 aromatic carbocycles. The summed E-state index contributed by atoms with van der Waals surface area (Å²) in [5, 5.41) is 25.0. The van der Waals surface area contributed by atoms with Gasteiger partial charge in [-0.1, -0.05) is 12.8 Å². The first-order chi connectivity index (χ1) is 12.9. The van der Waals surface area contributed by atoms with Crippen molar-refractivity contribution in [2.45, 2.75) is 44.9 Å². The van der Waals surface area contributed by atoms with Gasteiger partial charge in [0.2, 0.25) is 5.91 Å². The minimum atomic E-state index is -0.543. The van der Waals surface area contributed by atoms with Gasteiger partial charge < -0.3 is 5.11 Å². The van der Waals surface area contributed by atoms with Gasteiger partial charge in [0.1, 0.15) is 5.75 Å². The summed E-state index contributed by atoms with van der Waals surface area (Å²) in [5.74, 6) is 1.73. The minimum absolute atomic E-state index is 0.0518. The normalized spacial score (nSPS) is 31.8. The van der Waals surface area contributed by atoms with E-state index in [9.17, 15) is 20.0 Å². The van der Waals surface area contributed by atoms with Crippen LogP contribution in [0.15, 0.2) is 21.7 Å². The van der Waals surface area contributed by atoms with Gasteiger partial charge in [-0.3, -0.25) is 14.9 Å². The van der Waals surface area contributed by atoms with Gasteiger partial charge in [0.25, 0.3) is 5.69 Å². The summed E-state index contributed by atoms with van der Waals surface area (Å²) < 4.78 is 0.210. The summed E-state index contributed by atoms with van der Waals surface area (Å²) in [6.45, 7) is 0. The van der Waals surface area contributed by atoms with Gasteiger partial charge >= 0.3 is 0 Å². The molecule has 0 saturated heterocycles. The molecule has 2 N–H and O–H groups in total. The summed E-state index contributed by atoms with van der Waals surface area (Å²) in [4.78, 5) is 23.4. The van der Waals surface area contributed by atoms with Crippen molar-refractivity contribution in [1.82, 2.24) is 5.43 Å². The molecular formula is C19H22BrN3O4. The number of aromatic hydroxyl groups is 1. The van der Waals surface area contributed by atoms with Crippen LogP contribution in [0.4, 0.5) is 5.69 Å². The molecule has 7 nitrogen and oxygen atoms in total. The molecule has 0 heterocycles. The van der Waals surface area contributed by atoms with Crippen LogP contribution in [0.3, 0.4) is 0 Å². The highest BCUT2D eigenvalue weighted by Gasteiger charge is 2.52. The first-order valence-electron chi connectivity index (χ1n) is 9.37. The average Bonchev–Trinajstić information content (AvgIpc) is 2.83. The number of phenolic OH excluding ortho intramolecular Hbond substituents is 1. The molecular weight excluding hydrogens is 414 g/mol. The second-order valence-corrected chi connectivity index (χ2v) is 9.22. The number of benzene rings is 1. The highest BCUT2D eigenvalue weighted by atomic mass is 79.9. The van der Waals surface area contributed by atoms with E-state index in [-0.39, 0.29) is 32.8 Å². The van der Waals surface area contributed by atoms with Crippen molar-refractivity contribution in [2.75, 3.05) is 0 Å². The number of hydrogen-bond acceptors (Lipinski definition) is 5. The smallest absolute Gasteiger partial charge is 0.271 e. The molecule has 0 aliphatic heterocycles. The van der Waals surface area contributed by atoms with Crippen LogP contribution < -0.4 is 5.43 Å². The Balaban J connectivity index is 1.51. The third-order valence-electron chi connectivity index (χ3n) is 6.49. The van der Waals surface area contributed by atoms with Crippen LogP contribution in [0, 0.1) is 33.3 Å². The Morgan fingerprint density at radius 1 is 1.26 bits per heavy atom. The number of amides is 1. The number of hydrogen-bond donors (Lipinski definition) is 2. The molecule has 0 aromatic heterocycles. The van der Waals surface area contributed by atoms with E-state index in [0.717, 1.165) is 19.3 Å². The number of hydrazone groups is 1. The summed E-state index contributed by atoms with van der Waals surface area (Å²) in [6, 6.07) is 2.45. The fourth-order valence-corrected chi connectivity index (χ4v) is 6.02. The highest BCUT2D eigenvalue weighted by molar-refractivity contribution is 9.10. The lowest BCUT2D eigenvalue weighted by Crippen LogP contribution is -2.47. The van der Waals surface area contributed by atoms with Crippen molar-refractivity contribution < 1.29 is 14.8 Å². The maximum Gasteiger partial charge on any atom is 0.271 e. The minimum Gasteiger partial charge on any atom is -0.506 e. The zero-order valence-corrected chi connectivity index (χ0v) is 16.4. The van der Waals surface area contributed by atoms with Crippen molar-refractivity contribution in [3.05, 3.63) is 32.3 Å². The van der Waals surface area contributed by atoms with Crippen LogP contribution in [0.5, 0.6) is 5.75 Å². The van der Waals surface area contributed by atoms with Gasteiger partial charge in [0, 0.05) is 17.7 Å². The topological polar surface area (TPSA) is 105 Å². The van der Waals surface area contributed by atoms with Crippen LogP contribution >= 0.6 is 15.9 Å². The zero-order valence-electron chi connectivity index (χ0n) is 14.9. The number of phenols is 1. The number of non-ortho nitro benzene ring substituents is 1. The van der Waals surface area contributed by atoms with Crippen LogP contribution in [-0.2, 0) is 4.79 Å². The van der Waals surface area contributed by atoms with Crippen molar-refractivity contribution in [1.29, 1.82) is 0 Å². The number of fused-ring (bicyclic) bond motifs is 1. The predicted molar refractivity (Wildman–Crippen MR) is 103 cm³/mol. The molecule has 27 heavy (non-hydrogen) atoms. The number of nitro groups is 1. The fourth-order valence-electron chi connectivity index (χ4n) is 5.56. The molecule has 4 atom stereocenters. The van der Waals surface area contributed by atoms with Crippen LogP contribution in [-0.4, -0.2) is 22.2 Å². The Morgan fingerprint density at radius 3 is 2.52 bits per heavy atom. The lowest BCUT2D eigenvalue weighted by molar-refractivity contribution is -0.385. The van der Waals surface area contributed by atoms with Crippen molar-refractivity contribution in [2.24, 2.45) is 28.3 Å². The first-order valence-corrected chi connectivity index (χ1v) is 10.2. The van der Waals surface area contributed by atoms with Crippen LogP contribution in [0.1, 0.15) is 50.5 Å². The van der Waals surface area contributed by atoms with E-state index < -0.39 is 4.92 Å². The SMILES string of the molecule is O=C(N/N=C\c1cc([N+](=O)[O-])cc(Br)c1O)C12CC3C[C@@H](CC[C@@H](C3)C1)C2. The fraction of sp³-hybridized carbons (Fsp3) is 0.579. The van der Waals surface area contributed by atoms with Gasteiger partial charge in [-0.05, 0) is 65.8 Å². The number of carbonyl (C=O) groups is 1. The third kappa shape index (κ3) is 3.47. The number of nitrogens with zero attached hydrogens (tertiary/aromatic N) is 2. The van der Waals surface area contributed by atoms with Crippen LogP contribution in [0.2, 0.25) is 0 Å².